The Morgan fingerprint density at radius 1 is 0.810 bits per heavy atom. The molecule has 217 valence electrons. The van der Waals surface area contributed by atoms with Crippen molar-refractivity contribution in [1.82, 2.24) is 19.9 Å². The topological polar surface area (TPSA) is 134 Å². The molecule has 2 aliphatic heterocycles. The summed E-state index contributed by atoms with van der Waals surface area (Å²) < 4.78 is 0. The Hall–Kier alpha value is -3.91. The zero-order valence-corrected chi connectivity index (χ0v) is 25.5. The first-order valence-electron chi connectivity index (χ1n) is 13.1. The van der Waals surface area contributed by atoms with Crippen LogP contribution in [0.1, 0.15) is 74.6 Å². The minimum absolute atomic E-state index is 0. The van der Waals surface area contributed by atoms with Crippen LogP contribution in [0.4, 0.5) is 0 Å². The second-order valence-corrected chi connectivity index (χ2v) is 10.2. The summed E-state index contributed by atoms with van der Waals surface area (Å²) in [6.45, 7) is 11.8. The van der Waals surface area contributed by atoms with Gasteiger partial charge in [0.15, 0.2) is 0 Å². The third-order valence-electron chi connectivity index (χ3n) is 7.56. The first-order chi connectivity index (χ1) is 19.0. The number of carbonyl (C=O) groups excluding carboxylic acids is 2. The van der Waals surface area contributed by atoms with Gasteiger partial charge in [-0.25, -0.2) is 9.97 Å². The van der Waals surface area contributed by atoms with Crippen LogP contribution in [0, 0.1) is 13.8 Å². The summed E-state index contributed by atoms with van der Waals surface area (Å²) in [5.74, 6) is -2.29. The number of aryl methyl sites for hydroxylation is 4. The maximum atomic E-state index is 11.3. The molecule has 0 saturated heterocycles. The van der Waals surface area contributed by atoms with Crippen LogP contribution in [0.15, 0.2) is 36.9 Å². The number of hydrogen-bond donors (Lipinski definition) is 0. The molecule has 1 radical (unpaired) electrons. The number of nitrogens with zero attached hydrogens (tertiary/aromatic N) is 4. The van der Waals surface area contributed by atoms with Gasteiger partial charge >= 0.3 is 19.9 Å². The molecule has 2 aliphatic rings. The summed E-state index contributed by atoms with van der Waals surface area (Å²) in [6, 6.07) is 7.54. The zero-order chi connectivity index (χ0) is 28.7. The van der Waals surface area contributed by atoms with Gasteiger partial charge in [0, 0.05) is 17.5 Å². The number of allylic oxidation sites excluding steroid dienone is 4. The summed E-state index contributed by atoms with van der Waals surface area (Å²) in [7, 11) is 0. The molecule has 8 nitrogen and oxygen atoms in total. The first kappa shape index (κ1) is 32.6. The maximum absolute atomic E-state index is 11.3. The average molecular weight is 626 g/mol. The Bertz CT molecular complexity index is 1840. The predicted octanol–water partition coefficient (Wildman–Crippen LogP) is 0.459. The molecule has 3 aromatic rings. The van der Waals surface area contributed by atoms with Crippen molar-refractivity contribution in [3.63, 3.8) is 0 Å². The van der Waals surface area contributed by atoms with Gasteiger partial charge in [0.05, 0.1) is 22.8 Å². The molecular weight excluding hydrogens is 596 g/mol. The second kappa shape index (κ2) is 12.9. The normalized spacial score (nSPS) is 12.3. The monoisotopic (exact) mass is 625 g/mol. The van der Waals surface area contributed by atoms with E-state index in [9.17, 15) is 19.8 Å². The molecule has 0 amide bonds. The Morgan fingerprint density at radius 3 is 1.88 bits per heavy atom. The van der Waals surface area contributed by atoms with Crippen molar-refractivity contribution in [2.75, 3.05) is 0 Å². The van der Waals surface area contributed by atoms with E-state index in [1.54, 1.807) is 6.08 Å². The SMILES string of the molecule is C=CC1=C(C)c2cc3[n-]c(cc4[n-]c(cc5nc(cc1n2)C(C)=C5)c(C)c4CCC(=O)[O-])c(CCC(=O)[O-])c3C.[Cl-].[Fe+3].[H+].[H+]. The van der Waals surface area contributed by atoms with E-state index in [4.69, 9.17) is 19.9 Å². The molecule has 3 aromatic heterocycles. The number of carboxylic acids is 2. The molecule has 5 heterocycles. The van der Waals surface area contributed by atoms with Gasteiger partial charge < -0.3 is 42.2 Å². The molecule has 42 heavy (non-hydrogen) atoms. The minimum atomic E-state index is -1.15. The van der Waals surface area contributed by atoms with Crippen LogP contribution in [-0.4, -0.2) is 21.9 Å². The largest absolute Gasteiger partial charge is 3.00 e. The third kappa shape index (κ3) is 6.28. The van der Waals surface area contributed by atoms with Crippen molar-refractivity contribution in [2.24, 2.45) is 0 Å². The van der Waals surface area contributed by atoms with Gasteiger partial charge in [-0.05, 0) is 76.7 Å². The van der Waals surface area contributed by atoms with E-state index in [0.717, 1.165) is 61.7 Å². The molecule has 0 fully saturated rings. The molecular formula is C32H30ClFeN4O4. The Labute approximate surface area is 263 Å². The summed E-state index contributed by atoms with van der Waals surface area (Å²) in [5.41, 5.74) is 11.6. The summed E-state index contributed by atoms with van der Waals surface area (Å²) in [4.78, 5) is 42.1. The zero-order valence-electron chi connectivity index (χ0n) is 25.7. The fourth-order valence-electron chi connectivity index (χ4n) is 5.28. The van der Waals surface area contributed by atoms with E-state index in [1.807, 2.05) is 58.0 Å². The minimum Gasteiger partial charge on any atom is -1.00 e. The second-order valence-electron chi connectivity index (χ2n) is 10.2. The number of fused-ring (bicyclic) bond motifs is 8. The Kier molecular flexibility index (Phi) is 10.0. The van der Waals surface area contributed by atoms with Crippen molar-refractivity contribution in [1.29, 1.82) is 0 Å². The number of hydrogen-bond acceptors (Lipinski definition) is 6. The van der Waals surface area contributed by atoms with Crippen LogP contribution in [0.3, 0.4) is 0 Å². The molecule has 0 saturated carbocycles. The number of halogens is 1. The molecule has 0 atom stereocenters. The van der Waals surface area contributed by atoms with Gasteiger partial charge in [0.2, 0.25) is 0 Å². The number of rotatable bonds is 7. The number of aromatic nitrogens is 4. The average Bonchev–Trinajstić information content (AvgIpc) is 3.56. The predicted molar refractivity (Wildman–Crippen MR) is 154 cm³/mol. The molecule has 0 spiro atoms. The summed E-state index contributed by atoms with van der Waals surface area (Å²) >= 11 is 0. The molecule has 5 rings (SSSR count). The molecule has 8 bridgehead atoms. The Morgan fingerprint density at radius 2 is 1.36 bits per heavy atom. The van der Waals surface area contributed by atoms with Gasteiger partial charge in [-0.2, -0.15) is 0 Å². The summed E-state index contributed by atoms with van der Waals surface area (Å²) in [6.07, 6.45) is 3.92. The van der Waals surface area contributed by atoms with Crippen LogP contribution >= 0.6 is 0 Å². The van der Waals surface area contributed by atoms with Crippen molar-refractivity contribution >= 4 is 56.8 Å². The van der Waals surface area contributed by atoms with Crippen molar-refractivity contribution < 1.29 is 52.1 Å². The van der Waals surface area contributed by atoms with E-state index in [1.165, 1.54) is 0 Å². The van der Waals surface area contributed by atoms with E-state index in [-0.39, 0.29) is 58.0 Å². The fraction of sp³-hybridized carbons (Fsp3) is 0.250. The molecule has 0 aromatic carbocycles. The third-order valence-corrected chi connectivity index (χ3v) is 7.56. The van der Waals surface area contributed by atoms with E-state index in [0.29, 0.717) is 22.1 Å². The molecule has 0 N–H and O–H groups in total. The quantitative estimate of drug-likeness (QED) is 0.346. The molecule has 0 aliphatic carbocycles. The van der Waals surface area contributed by atoms with Gasteiger partial charge in [0.25, 0.3) is 0 Å². The maximum Gasteiger partial charge on any atom is 3.00 e. The van der Waals surface area contributed by atoms with Crippen molar-refractivity contribution in [3.8, 4) is 0 Å². The molecule has 10 heteroatoms. The number of aliphatic carboxylic acids is 2. The number of carbonyl (C=O) groups is 2. The van der Waals surface area contributed by atoms with Gasteiger partial charge in [0.1, 0.15) is 0 Å². The smallest absolute Gasteiger partial charge is 1.00 e. The van der Waals surface area contributed by atoms with E-state index in [2.05, 4.69) is 6.58 Å². The van der Waals surface area contributed by atoms with Crippen molar-refractivity contribution in [2.45, 2.75) is 53.4 Å². The Balaban J connectivity index is 0.00000242. The van der Waals surface area contributed by atoms with E-state index >= 15 is 0 Å². The number of carboxylic acid groups (broad SMARTS) is 2. The summed E-state index contributed by atoms with van der Waals surface area (Å²) in [5, 5.41) is 22.7. The van der Waals surface area contributed by atoms with Crippen LogP contribution in [0.5, 0.6) is 0 Å². The van der Waals surface area contributed by atoms with Crippen LogP contribution in [0.2, 0.25) is 0 Å². The first-order valence-corrected chi connectivity index (χ1v) is 13.1. The van der Waals surface area contributed by atoms with Crippen LogP contribution < -0.4 is 32.6 Å². The van der Waals surface area contributed by atoms with Gasteiger partial charge in [-0.15, -0.1) is 22.1 Å². The molecule has 0 unspecified atom stereocenters. The van der Waals surface area contributed by atoms with Gasteiger partial charge in [-0.3, -0.25) is 0 Å². The van der Waals surface area contributed by atoms with Crippen molar-refractivity contribution in [3.05, 3.63) is 81.9 Å². The standard InChI is InChI=1S/C32H32N4O4.ClH.Fe/c1-6-21-17(3)26-14-27-19(5)23(8-10-32(39)40)30(36-27)15-29-22(7-9-31(37)38)18(4)25(34-29)12-20-11-16(2)24(33-20)13-28(21)35-26;;/h6,11-15H,1,7-10H2,2-5H3,(H4,33,34,35,36,37,38,39,40);1H;/q;;+3/p-3. The fourth-order valence-corrected chi connectivity index (χ4v) is 5.28. The van der Waals surface area contributed by atoms with E-state index < -0.39 is 11.9 Å². The van der Waals surface area contributed by atoms with Crippen LogP contribution in [0.25, 0.3) is 44.9 Å². The van der Waals surface area contributed by atoms with Crippen LogP contribution in [-0.2, 0) is 39.5 Å². The van der Waals surface area contributed by atoms with Gasteiger partial charge in [-0.1, -0.05) is 53.1 Å².